The number of aryl methyl sites for hydroxylation is 1. The predicted molar refractivity (Wildman–Crippen MR) is 94.0 cm³/mol. The van der Waals surface area contributed by atoms with Crippen LogP contribution < -0.4 is 10.2 Å². The quantitative estimate of drug-likeness (QED) is 0.630. The van der Waals surface area contributed by atoms with Gasteiger partial charge in [-0.05, 0) is 34.1 Å². The van der Waals surface area contributed by atoms with Gasteiger partial charge in [-0.2, -0.15) is 5.10 Å². The van der Waals surface area contributed by atoms with Gasteiger partial charge in [-0.25, -0.2) is 18.3 Å². The molecule has 2 rings (SSSR count). The molecule has 1 fully saturated rings. The van der Waals surface area contributed by atoms with Crippen LogP contribution in [0.15, 0.2) is 6.20 Å². The van der Waals surface area contributed by atoms with Crippen LogP contribution in [-0.2, 0) is 11.8 Å². The molecule has 152 valence electrons. The summed E-state index contributed by atoms with van der Waals surface area (Å²) in [6.45, 7) is 5.94. The van der Waals surface area contributed by atoms with Crippen LogP contribution in [0.4, 0.5) is 25.1 Å². The van der Waals surface area contributed by atoms with E-state index >= 15 is 0 Å². The summed E-state index contributed by atoms with van der Waals surface area (Å²) in [4.78, 5) is 23.9. The maximum absolute atomic E-state index is 14.6. The number of alkyl carbamates (subject to hydrolysis) is 1. The third-order valence-electron chi connectivity index (χ3n) is 4.19. The molecule has 1 aliphatic heterocycles. The number of hydrogen-bond donors (Lipinski definition) is 1. The maximum atomic E-state index is 14.6. The predicted octanol–water partition coefficient (Wildman–Crippen LogP) is 2.85. The Balaban J connectivity index is 2.25. The van der Waals surface area contributed by atoms with Gasteiger partial charge >= 0.3 is 11.8 Å². The van der Waals surface area contributed by atoms with E-state index in [4.69, 9.17) is 4.74 Å². The maximum Gasteiger partial charge on any atom is 0.408 e. The lowest BCUT2D eigenvalue weighted by Crippen LogP contribution is -2.50. The molecule has 0 spiro atoms. The summed E-state index contributed by atoms with van der Waals surface area (Å²) in [6.07, 6.45) is -0.192. The van der Waals surface area contributed by atoms with Crippen molar-refractivity contribution in [2.75, 3.05) is 18.0 Å². The number of alkyl halides is 2. The molecule has 0 saturated carbocycles. The van der Waals surface area contributed by atoms with Gasteiger partial charge in [0.2, 0.25) is 5.82 Å². The number of halogens is 2. The molecule has 0 bridgehead atoms. The Hall–Kier alpha value is -2.46. The molecule has 2 heterocycles. The van der Waals surface area contributed by atoms with Gasteiger partial charge in [-0.15, -0.1) is 0 Å². The zero-order chi connectivity index (χ0) is 20.6. The van der Waals surface area contributed by atoms with Crippen molar-refractivity contribution in [1.82, 2.24) is 15.1 Å². The summed E-state index contributed by atoms with van der Waals surface area (Å²) in [7, 11) is 1.46. The van der Waals surface area contributed by atoms with Crippen LogP contribution in [0.5, 0.6) is 0 Å². The lowest BCUT2D eigenvalue weighted by atomic mass is 9.91. The summed E-state index contributed by atoms with van der Waals surface area (Å²) in [5, 5.41) is 17.6. The number of nitrogens with one attached hydrogen (secondary N) is 1. The molecular formula is C16H25F2N5O4. The van der Waals surface area contributed by atoms with Crippen LogP contribution >= 0.6 is 0 Å². The Morgan fingerprint density at radius 1 is 1.44 bits per heavy atom. The van der Waals surface area contributed by atoms with Crippen molar-refractivity contribution in [2.45, 2.75) is 57.6 Å². The first-order valence-electron chi connectivity index (χ1n) is 8.52. The van der Waals surface area contributed by atoms with Crippen molar-refractivity contribution in [1.29, 1.82) is 0 Å². The fourth-order valence-corrected chi connectivity index (χ4v) is 3.21. The monoisotopic (exact) mass is 389 g/mol. The lowest BCUT2D eigenvalue weighted by Gasteiger charge is -2.32. The molecule has 1 aliphatic rings. The average molecular weight is 389 g/mol. The standard InChI is InChI=1S/C16H25F2N5O4/c1-14(2,3)27-13(24)20-15(4)6-7-22(10-16(17,18)9-15)12-11(23(25)26)8-19-21(12)5/h8H,6-7,9-10H2,1-5H3,(H,20,24)/t15-/m1/s1. The average Bonchev–Trinajstić information content (AvgIpc) is 2.76. The topological polar surface area (TPSA) is 103 Å². The van der Waals surface area contributed by atoms with Gasteiger partial charge in [0.05, 0.1) is 11.5 Å². The van der Waals surface area contributed by atoms with E-state index in [9.17, 15) is 23.7 Å². The Morgan fingerprint density at radius 2 is 2.07 bits per heavy atom. The second kappa shape index (κ2) is 6.93. The van der Waals surface area contributed by atoms with E-state index in [0.717, 1.165) is 6.20 Å². The Bertz CT molecular complexity index is 731. The third kappa shape index (κ3) is 5.27. The van der Waals surface area contributed by atoms with Gasteiger partial charge in [0.25, 0.3) is 5.92 Å². The first-order chi connectivity index (χ1) is 12.2. The molecule has 0 aliphatic carbocycles. The molecule has 1 amide bonds. The molecule has 11 heteroatoms. The van der Waals surface area contributed by atoms with E-state index in [1.165, 1.54) is 23.6 Å². The lowest BCUT2D eigenvalue weighted by molar-refractivity contribution is -0.384. The molecule has 27 heavy (non-hydrogen) atoms. The third-order valence-corrected chi connectivity index (χ3v) is 4.19. The fraction of sp³-hybridized carbons (Fsp3) is 0.750. The number of carbonyl (C=O) groups is 1. The summed E-state index contributed by atoms with van der Waals surface area (Å²) >= 11 is 0. The number of nitro groups is 1. The smallest absolute Gasteiger partial charge is 0.408 e. The van der Waals surface area contributed by atoms with Crippen molar-refractivity contribution in [3.8, 4) is 0 Å². The van der Waals surface area contributed by atoms with Gasteiger partial charge in [-0.1, -0.05) is 0 Å². The fourth-order valence-electron chi connectivity index (χ4n) is 3.21. The number of aromatic nitrogens is 2. The van der Waals surface area contributed by atoms with E-state index in [1.54, 1.807) is 20.8 Å². The minimum atomic E-state index is -3.18. The van der Waals surface area contributed by atoms with Gasteiger partial charge in [0, 0.05) is 25.6 Å². The second-order valence-corrected chi connectivity index (χ2v) is 8.13. The molecule has 1 saturated heterocycles. The van der Waals surface area contributed by atoms with Crippen LogP contribution in [0.3, 0.4) is 0 Å². The van der Waals surface area contributed by atoms with Gasteiger partial charge < -0.3 is 15.0 Å². The summed E-state index contributed by atoms with van der Waals surface area (Å²) < 4.78 is 35.6. The highest BCUT2D eigenvalue weighted by molar-refractivity contribution is 5.69. The van der Waals surface area contributed by atoms with Crippen LogP contribution in [0, 0.1) is 10.1 Å². The van der Waals surface area contributed by atoms with Crippen molar-refractivity contribution in [3.05, 3.63) is 16.3 Å². The Morgan fingerprint density at radius 3 is 2.63 bits per heavy atom. The van der Waals surface area contributed by atoms with Crippen molar-refractivity contribution < 1.29 is 23.2 Å². The number of ether oxygens (including phenoxy) is 1. The van der Waals surface area contributed by atoms with E-state index in [0.29, 0.717) is 0 Å². The Kier molecular flexibility index (Phi) is 5.35. The molecule has 1 N–H and O–H groups in total. The normalized spacial score (nSPS) is 22.9. The van der Waals surface area contributed by atoms with Crippen LogP contribution in [0.2, 0.25) is 0 Å². The molecule has 1 atom stereocenters. The highest BCUT2D eigenvalue weighted by atomic mass is 19.3. The molecule has 1 aromatic rings. The second-order valence-electron chi connectivity index (χ2n) is 8.13. The number of amides is 1. The van der Waals surface area contributed by atoms with E-state index in [1.807, 2.05) is 0 Å². The van der Waals surface area contributed by atoms with Gasteiger partial charge in [0.15, 0.2) is 0 Å². The molecule has 1 aromatic heterocycles. The minimum absolute atomic E-state index is 0.0150. The zero-order valence-corrected chi connectivity index (χ0v) is 16.1. The molecule has 0 unspecified atom stereocenters. The van der Waals surface area contributed by atoms with Crippen molar-refractivity contribution in [2.24, 2.45) is 7.05 Å². The molecule has 0 aromatic carbocycles. The number of nitrogens with zero attached hydrogens (tertiary/aromatic N) is 4. The highest BCUT2D eigenvalue weighted by Gasteiger charge is 2.46. The van der Waals surface area contributed by atoms with Crippen molar-refractivity contribution >= 4 is 17.6 Å². The SMILES string of the molecule is Cn1ncc([N+](=O)[O-])c1N1CC[C@@](C)(NC(=O)OC(C)(C)C)CC(F)(F)C1. The van der Waals surface area contributed by atoms with Crippen LogP contribution in [0.25, 0.3) is 0 Å². The first kappa shape index (κ1) is 20.8. The van der Waals surface area contributed by atoms with Crippen LogP contribution in [0.1, 0.15) is 40.5 Å². The Labute approximate surface area is 155 Å². The summed E-state index contributed by atoms with van der Waals surface area (Å²) in [5.41, 5.74) is -2.32. The molecule has 9 nitrogen and oxygen atoms in total. The zero-order valence-electron chi connectivity index (χ0n) is 16.1. The van der Waals surface area contributed by atoms with E-state index in [-0.39, 0.29) is 24.5 Å². The van der Waals surface area contributed by atoms with Crippen LogP contribution in [-0.4, -0.2) is 50.9 Å². The van der Waals surface area contributed by atoms with Crippen molar-refractivity contribution in [3.63, 3.8) is 0 Å². The largest absolute Gasteiger partial charge is 0.444 e. The molecule has 0 radical (unpaired) electrons. The number of hydrogen-bond acceptors (Lipinski definition) is 6. The van der Waals surface area contributed by atoms with E-state index < -0.39 is 41.0 Å². The number of rotatable bonds is 3. The molecular weight excluding hydrogens is 364 g/mol. The minimum Gasteiger partial charge on any atom is -0.444 e. The highest BCUT2D eigenvalue weighted by Crippen LogP contribution is 2.37. The van der Waals surface area contributed by atoms with Gasteiger partial charge in [-0.3, -0.25) is 10.1 Å². The van der Waals surface area contributed by atoms with E-state index in [2.05, 4.69) is 10.4 Å². The summed E-state index contributed by atoms with van der Waals surface area (Å²) in [5.74, 6) is -3.17. The number of anilines is 1. The van der Waals surface area contributed by atoms with Gasteiger partial charge in [0.1, 0.15) is 11.8 Å². The first-order valence-corrected chi connectivity index (χ1v) is 8.52. The number of carbonyl (C=O) groups excluding carboxylic acids is 1. The summed E-state index contributed by atoms with van der Waals surface area (Å²) in [6, 6.07) is 0.